The fraction of sp³-hybridized carbons (Fsp3) is 0. The van der Waals surface area contributed by atoms with Crippen LogP contribution in [0.15, 0.2) is 46.6 Å². The number of nitrogen functional groups attached to an aromatic ring is 3. The predicted molar refractivity (Wildman–Crippen MR) is 81.1 cm³/mol. The zero-order valence-electron chi connectivity index (χ0n) is 10.4. The summed E-state index contributed by atoms with van der Waals surface area (Å²) in [5.74, 6) is 0.661. The normalized spacial score (nSPS) is 10.8. The average molecular weight is 284 g/mol. The first-order chi connectivity index (χ1) is 9.63. The lowest BCUT2D eigenvalue weighted by atomic mass is 10.2. The van der Waals surface area contributed by atoms with Crippen molar-refractivity contribution in [3.8, 4) is 0 Å². The molecular weight excluding hydrogens is 272 g/mol. The summed E-state index contributed by atoms with van der Waals surface area (Å²) in [6, 6.07) is 9.25. The summed E-state index contributed by atoms with van der Waals surface area (Å²) >= 11 is 1.32. The van der Waals surface area contributed by atoms with E-state index < -0.39 is 0 Å². The Bertz CT molecular complexity index is 769. The molecule has 0 radical (unpaired) electrons. The van der Waals surface area contributed by atoms with E-state index in [1.165, 1.54) is 17.8 Å². The minimum Gasteiger partial charge on any atom is -0.397 e. The number of hydrogen-bond donors (Lipinski definition) is 3. The van der Waals surface area contributed by atoms with Crippen LogP contribution in [0.5, 0.6) is 0 Å². The molecule has 0 amide bonds. The van der Waals surface area contributed by atoms with Crippen molar-refractivity contribution in [1.29, 1.82) is 0 Å². The van der Waals surface area contributed by atoms with Gasteiger partial charge in [0.05, 0.1) is 17.4 Å². The summed E-state index contributed by atoms with van der Waals surface area (Å²) in [5, 5.41) is 1.41. The predicted octanol–water partition coefficient (Wildman–Crippen LogP) is 1.92. The van der Waals surface area contributed by atoms with E-state index in [0.29, 0.717) is 22.5 Å². The highest BCUT2D eigenvalue weighted by atomic mass is 32.2. The first-order valence-corrected chi connectivity index (χ1v) is 6.66. The quantitative estimate of drug-likeness (QED) is 0.615. The summed E-state index contributed by atoms with van der Waals surface area (Å²) in [6.45, 7) is 0. The molecule has 7 heteroatoms. The number of anilines is 3. The minimum absolute atomic E-state index is 0.330. The summed E-state index contributed by atoms with van der Waals surface area (Å²) in [6.07, 6.45) is 1.63. The number of nitrogens with two attached hydrogens (primary N) is 3. The van der Waals surface area contributed by atoms with Gasteiger partial charge in [-0.2, -0.15) is 0 Å². The zero-order valence-corrected chi connectivity index (χ0v) is 11.3. The van der Waals surface area contributed by atoms with Crippen molar-refractivity contribution in [1.82, 2.24) is 15.0 Å². The molecule has 0 spiro atoms. The van der Waals surface area contributed by atoms with Crippen molar-refractivity contribution >= 4 is 40.0 Å². The smallest absolute Gasteiger partial charge is 0.196 e. The number of nitrogens with zero attached hydrogens (tertiary/aromatic N) is 3. The highest BCUT2D eigenvalue weighted by molar-refractivity contribution is 7.99. The maximum atomic E-state index is 6.01. The Morgan fingerprint density at radius 2 is 1.65 bits per heavy atom. The lowest BCUT2D eigenvalue weighted by Gasteiger charge is -2.08. The van der Waals surface area contributed by atoms with Gasteiger partial charge >= 0.3 is 0 Å². The van der Waals surface area contributed by atoms with E-state index in [1.807, 2.05) is 24.3 Å². The van der Waals surface area contributed by atoms with E-state index >= 15 is 0 Å². The molecule has 6 N–H and O–H groups in total. The molecule has 6 nitrogen and oxygen atoms in total. The van der Waals surface area contributed by atoms with Gasteiger partial charge < -0.3 is 17.2 Å². The van der Waals surface area contributed by atoms with E-state index in [9.17, 15) is 0 Å². The van der Waals surface area contributed by atoms with Gasteiger partial charge in [-0.1, -0.05) is 18.2 Å². The van der Waals surface area contributed by atoms with E-state index in [-0.39, 0.29) is 0 Å². The maximum absolute atomic E-state index is 6.01. The van der Waals surface area contributed by atoms with Crippen LogP contribution in [0.25, 0.3) is 10.9 Å². The second-order valence-corrected chi connectivity index (χ2v) is 5.14. The van der Waals surface area contributed by atoms with Crippen LogP contribution < -0.4 is 17.2 Å². The van der Waals surface area contributed by atoms with Gasteiger partial charge in [-0.3, -0.25) is 4.98 Å². The Kier molecular flexibility index (Phi) is 3.03. The molecule has 2 heterocycles. The summed E-state index contributed by atoms with van der Waals surface area (Å²) in [4.78, 5) is 13.4. The topological polar surface area (TPSA) is 117 Å². The van der Waals surface area contributed by atoms with E-state index in [1.54, 1.807) is 6.20 Å². The second-order valence-electron chi connectivity index (χ2n) is 4.16. The Balaban J connectivity index is 2.12. The van der Waals surface area contributed by atoms with Gasteiger partial charge in [0.15, 0.2) is 5.16 Å². The number of hydrogen-bond acceptors (Lipinski definition) is 7. The Morgan fingerprint density at radius 1 is 0.950 bits per heavy atom. The van der Waals surface area contributed by atoms with Crippen molar-refractivity contribution in [2.75, 3.05) is 17.2 Å². The molecule has 1 aromatic carbocycles. The molecule has 0 atom stereocenters. The fourth-order valence-corrected chi connectivity index (χ4v) is 2.78. The van der Waals surface area contributed by atoms with Gasteiger partial charge in [0.25, 0.3) is 0 Å². The van der Waals surface area contributed by atoms with Crippen molar-refractivity contribution in [3.05, 3.63) is 36.5 Å². The van der Waals surface area contributed by atoms with Crippen LogP contribution in [-0.2, 0) is 0 Å². The van der Waals surface area contributed by atoms with Crippen molar-refractivity contribution in [2.45, 2.75) is 10.1 Å². The van der Waals surface area contributed by atoms with Gasteiger partial charge in [-0.25, -0.2) is 9.97 Å². The molecule has 0 unspecified atom stereocenters. The van der Waals surface area contributed by atoms with Gasteiger partial charge in [0, 0.05) is 16.3 Å². The summed E-state index contributed by atoms with van der Waals surface area (Å²) in [5.41, 5.74) is 18.8. The van der Waals surface area contributed by atoms with Crippen LogP contribution in [0, 0.1) is 0 Å². The van der Waals surface area contributed by atoms with Crippen LogP contribution in [0.3, 0.4) is 0 Å². The van der Waals surface area contributed by atoms with Crippen LogP contribution >= 0.6 is 11.8 Å². The zero-order chi connectivity index (χ0) is 14.1. The average Bonchev–Trinajstić information content (AvgIpc) is 2.41. The molecule has 0 saturated heterocycles. The molecule has 3 rings (SSSR count). The highest BCUT2D eigenvalue weighted by Gasteiger charge is 2.11. The maximum Gasteiger partial charge on any atom is 0.196 e. The van der Waals surface area contributed by atoms with Crippen molar-refractivity contribution in [2.24, 2.45) is 0 Å². The molecule has 100 valence electrons. The van der Waals surface area contributed by atoms with Crippen LogP contribution in [0.2, 0.25) is 0 Å². The lowest BCUT2D eigenvalue weighted by molar-refractivity contribution is 0.985. The highest BCUT2D eigenvalue weighted by Crippen LogP contribution is 2.35. The molecule has 3 aromatic rings. The second kappa shape index (κ2) is 4.86. The number of pyridine rings is 1. The van der Waals surface area contributed by atoms with Crippen LogP contribution in [0.4, 0.5) is 17.3 Å². The van der Waals surface area contributed by atoms with Gasteiger partial charge in [-0.05, 0) is 17.8 Å². The van der Waals surface area contributed by atoms with Gasteiger partial charge in [-0.15, -0.1) is 0 Å². The van der Waals surface area contributed by atoms with E-state index in [0.717, 1.165) is 15.8 Å². The first-order valence-electron chi connectivity index (χ1n) is 5.84. The van der Waals surface area contributed by atoms with Crippen LogP contribution in [0.1, 0.15) is 0 Å². The van der Waals surface area contributed by atoms with Gasteiger partial charge in [0.1, 0.15) is 11.6 Å². The molecule has 0 saturated carbocycles. The number of benzene rings is 1. The first kappa shape index (κ1) is 12.5. The molecule has 0 aliphatic carbocycles. The van der Waals surface area contributed by atoms with E-state index in [4.69, 9.17) is 17.2 Å². The Labute approximate surface area is 119 Å². The molecule has 0 aliphatic heterocycles. The molecule has 0 aliphatic rings. The largest absolute Gasteiger partial charge is 0.397 e. The van der Waals surface area contributed by atoms with Crippen molar-refractivity contribution < 1.29 is 0 Å². The minimum atomic E-state index is 0.330. The number of fused-ring (bicyclic) bond motifs is 1. The molecular formula is C13H12N6S. The van der Waals surface area contributed by atoms with E-state index in [2.05, 4.69) is 15.0 Å². The summed E-state index contributed by atoms with van der Waals surface area (Å²) < 4.78 is 0. The lowest BCUT2D eigenvalue weighted by Crippen LogP contribution is -2.00. The fourth-order valence-electron chi connectivity index (χ4n) is 1.84. The standard InChI is InChI=1S/C13H12N6S/c14-8-6-17-9-4-2-1-3-7(9)12(8)20-13-18-10(15)5-11(16)19-13/h1-6H,14H2,(H4,15,16,18,19). The van der Waals surface area contributed by atoms with Crippen molar-refractivity contribution in [3.63, 3.8) is 0 Å². The molecule has 20 heavy (non-hydrogen) atoms. The monoisotopic (exact) mass is 284 g/mol. The third-order valence-corrected chi connectivity index (χ3v) is 3.72. The van der Waals surface area contributed by atoms with Crippen LogP contribution in [-0.4, -0.2) is 15.0 Å². The molecule has 0 fully saturated rings. The number of aromatic nitrogens is 3. The number of rotatable bonds is 2. The summed E-state index contributed by atoms with van der Waals surface area (Å²) in [7, 11) is 0. The number of para-hydroxylation sites is 1. The van der Waals surface area contributed by atoms with Gasteiger partial charge in [0.2, 0.25) is 0 Å². The third kappa shape index (κ3) is 2.30. The SMILES string of the molecule is Nc1cc(N)nc(Sc2c(N)cnc3ccccc23)n1. The molecule has 2 aromatic heterocycles. The third-order valence-electron chi connectivity index (χ3n) is 2.69. The molecule has 0 bridgehead atoms. The Hall–Kier alpha value is -2.54. The Morgan fingerprint density at radius 3 is 2.40 bits per heavy atom.